The molecule has 1 aromatic heterocycles. The first-order valence-electron chi connectivity index (χ1n) is 11.0. The number of pyridine rings is 1. The van der Waals surface area contributed by atoms with Crippen LogP contribution in [0.4, 0.5) is 5.82 Å². The van der Waals surface area contributed by atoms with Crippen molar-refractivity contribution in [2.24, 2.45) is 10.9 Å². The van der Waals surface area contributed by atoms with Crippen molar-refractivity contribution in [3.63, 3.8) is 0 Å². The van der Waals surface area contributed by atoms with Gasteiger partial charge < -0.3 is 20.6 Å². The van der Waals surface area contributed by atoms with E-state index in [9.17, 15) is 5.11 Å². The number of nitrogens with one attached hydrogen (secondary N) is 2. The van der Waals surface area contributed by atoms with Crippen LogP contribution in [0.3, 0.4) is 0 Å². The third-order valence-corrected chi connectivity index (χ3v) is 5.68. The molecule has 1 aliphatic rings. The summed E-state index contributed by atoms with van der Waals surface area (Å²) in [6.07, 6.45) is 4.39. The average Bonchev–Trinajstić information content (AvgIpc) is 2.77. The van der Waals surface area contributed by atoms with Crippen LogP contribution in [0.2, 0.25) is 0 Å². The summed E-state index contributed by atoms with van der Waals surface area (Å²) in [7, 11) is 0. The van der Waals surface area contributed by atoms with Crippen molar-refractivity contribution in [1.82, 2.24) is 15.6 Å². The lowest BCUT2D eigenvalue weighted by atomic mass is 9.96. The number of nitrogens with zero attached hydrogens (tertiary/aromatic N) is 3. The highest BCUT2D eigenvalue weighted by Crippen LogP contribution is 2.21. The van der Waals surface area contributed by atoms with E-state index in [2.05, 4.69) is 44.6 Å². The molecule has 6 nitrogen and oxygen atoms in total. The van der Waals surface area contributed by atoms with Crippen LogP contribution in [0, 0.1) is 5.92 Å². The average molecular weight is 410 g/mol. The van der Waals surface area contributed by atoms with E-state index in [1.807, 2.05) is 50.4 Å². The van der Waals surface area contributed by atoms with Gasteiger partial charge in [0.1, 0.15) is 11.4 Å². The van der Waals surface area contributed by atoms with Crippen LogP contribution >= 0.6 is 0 Å². The Balaban J connectivity index is 1.57. The van der Waals surface area contributed by atoms with Gasteiger partial charge in [-0.2, -0.15) is 0 Å². The maximum absolute atomic E-state index is 10.8. The SMILES string of the molecule is CCNC(=NCc1ccc(N2CCC(C)CC2)nc1)NCC(C)(O)c1ccccc1. The Hall–Kier alpha value is -2.60. The number of hydrogen-bond donors (Lipinski definition) is 3. The third-order valence-electron chi connectivity index (χ3n) is 5.68. The van der Waals surface area contributed by atoms with Crippen molar-refractivity contribution in [3.05, 3.63) is 59.8 Å². The maximum Gasteiger partial charge on any atom is 0.191 e. The molecule has 30 heavy (non-hydrogen) atoms. The van der Waals surface area contributed by atoms with Crippen LogP contribution in [-0.4, -0.2) is 42.2 Å². The molecule has 1 fully saturated rings. The standard InChI is InChI=1S/C24H35N5O/c1-4-25-23(28-18-24(3,30)21-8-6-5-7-9-21)27-17-20-10-11-22(26-16-20)29-14-12-19(2)13-15-29/h5-11,16,19,30H,4,12-15,17-18H2,1-3H3,(H2,25,27,28). The van der Waals surface area contributed by atoms with E-state index in [1.54, 1.807) is 0 Å². The lowest BCUT2D eigenvalue weighted by molar-refractivity contribution is 0.0617. The molecule has 0 spiro atoms. The normalized spacial score (nSPS) is 17.5. The number of guanidine groups is 1. The van der Waals surface area contributed by atoms with Crippen molar-refractivity contribution in [1.29, 1.82) is 0 Å². The van der Waals surface area contributed by atoms with Crippen molar-refractivity contribution < 1.29 is 5.11 Å². The third kappa shape index (κ3) is 6.20. The van der Waals surface area contributed by atoms with E-state index < -0.39 is 5.60 Å². The van der Waals surface area contributed by atoms with E-state index >= 15 is 0 Å². The first-order valence-corrected chi connectivity index (χ1v) is 11.0. The van der Waals surface area contributed by atoms with Gasteiger partial charge >= 0.3 is 0 Å². The largest absolute Gasteiger partial charge is 0.384 e. The molecular formula is C24H35N5O. The van der Waals surface area contributed by atoms with Crippen LogP contribution in [0.5, 0.6) is 0 Å². The van der Waals surface area contributed by atoms with Crippen LogP contribution in [0.1, 0.15) is 44.7 Å². The van der Waals surface area contributed by atoms with E-state index in [-0.39, 0.29) is 0 Å². The van der Waals surface area contributed by atoms with Crippen molar-refractivity contribution in [3.8, 4) is 0 Å². The fourth-order valence-electron chi connectivity index (χ4n) is 3.60. The molecule has 6 heteroatoms. The molecular weight excluding hydrogens is 374 g/mol. The summed E-state index contributed by atoms with van der Waals surface area (Å²) in [5, 5.41) is 17.3. The van der Waals surface area contributed by atoms with Gasteiger partial charge in [-0.3, -0.25) is 0 Å². The Kier molecular flexibility index (Phi) is 7.69. The number of anilines is 1. The molecule has 0 amide bonds. The maximum atomic E-state index is 10.8. The van der Waals surface area contributed by atoms with Gasteiger partial charge in [0.2, 0.25) is 0 Å². The zero-order chi connectivity index (χ0) is 21.4. The van der Waals surface area contributed by atoms with Gasteiger partial charge in [-0.15, -0.1) is 0 Å². The fraction of sp³-hybridized carbons (Fsp3) is 0.500. The van der Waals surface area contributed by atoms with Gasteiger partial charge in [-0.05, 0) is 49.8 Å². The highest BCUT2D eigenvalue weighted by Gasteiger charge is 2.23. The summed E-state index contributed by atoms with van der Waals surface area (Å²) in [6, 6.07) is 13.9. The fourth-order valence-corrected chi connectivity index (χ4v) is 3.60. The number of piperidine rings is 1. The molecule has 0 radical (unpaired) electrons. The quantitative estimate of drug-likeness (QED) is 0.483. The van der Waals surface area contributed by atoms with Crippen molar-refractivity contribution >= 4 is 11.8 Å². The molecule has 1 aromatic carbocycles. The minimum absolute atomic E-state index is 0.368. The summed E-state index contributed by atoms with van der Waals surface area (Å²) < 4.78 is 0. The van der Waals surface area contributed by atoms with E-state index in [0.29, 0.717) is 19.0 Å². The number of aliphatic hydroxyl groups is 1. The Morgan fingerprint density at radius 3 is 2.53 bits per heavy atom. The summed E-state index contributed by atoms with van der Waals surface area (Å²) in [5.74, 6) is 2.55. The van der Waals surface area contributed by atoms with E-state index in [0.717, 1.165) is 42.5 Å². The topological polar surface area (TPSA) is 72.8 Å². The summed E-state index contributed by atoms with van der Waals surface area (Å²) in [4.78, 5) is 11.7. The minimum atomic E-state index is -0.980. The highest BCUT2D eigenvalue weighted by molar-refractivity contribution is 5.79. The summed E-state index contributed by atoms with van der Waals surface area (Å²) >= 11 is 0. The van der Waals surface area contributed by atoms with Gasteiger partial charge in [0, 0.05) is 25.8 Å². The monoisotopic (exact) mass is 409 g/mol. The molecule has 3 N–H and O–H groups in total. The molecule has 1 aliphatic heterocycles. The van der Waals surface area contributed by atoms with Crippen LogP contribution in [0.15, 0.2) is 53.7 Å². The number of aliphatic imine (C=N–C) groups is 1. The Labute approximate surface area is 180 Å². The lowest BCUT2D eigenvalue weighted by Gasteiger charge is -2.31. The number of benzene rings is 1. The molecule has 0 aliphatic carbocycles. The predicted molar refractivity (Wildman–Crippen MR) is 124 cm³/mol. The summed E-state index contributed by atoms with van der Waals surface area (Å²) in [6.45, 7) is 9.99. The first kappa shape index (κ1) is 22.1. The Morgan fingerprint density at radius 1 is 1.17 bits per heavy atom. The highest BCUT2D eigenvalue weighted by atomic mass is 16.3. The second kappa shape index (κ2) is 10.4. The molecule has 0 saturated carbocycles. The molecule has 1 saturated heterocycles. The first-order chi connectivity index (χ1) is 14.5. The van der Waals surface area contributed by atoms with Crippen LogP contribution in [0.25, 0.3) is 0 Å². The van der Waals surface area contributed by atoms with Gasteiger partial charge in [0.15, 0.2) is 5.96 Å². The molecule has 3 rings (SSSR count). The minimum Gasteiger partial charge on any atom is -0.384 e. The van der Waals surface area contributed by atoms with Gasteiger partial charge in [-0.1, -0.05) is 43.3 Å². The second-order valence-electron chi connectivity index (χ2n) is 8.38. The number of rotatable bonds is 7. The predicted octanol–water partition coefficient (Wildman–Crippen LogP) is 3.28. The molecule has 2 heterocycles. The Morgan fingerprint density at radius 2 is 1.90 bits per heavy atom. The second-order valence-corrected chi connectivity index (χ2v) is 8.38. The van der Waals surface area contributed by atoms with Gasteiger partial charge in [-0.25, -0.2) is 9.98 Å². The number of aromatic nitrogens is 1. The van der Waals surface area contributed by atoms with Gasteiger partial charge in [0.25, 0.3) is 0 Å². The molecule has 162 valence electrons. The van der Waals surface area contributed by atoms with Crippen molar-refractivity contribution in [2.45, 2.75) is 45.8 Å². The molecule has 0 bridgehead atoms. The van der Waals surface area contributed by atoms with E-state index in [4.69, 9.17) is 0 Å². The smallest absolute Gasteiger partial charge is 0.191 e. The zero-order valence-electron chi connectivity index (χ0n) is 18.4. The zero-order valence-corrected chi connectivity index (χ0v) is 18.4. The van der Waals surface area contributed by atoms with Crippen LogP contribution < -0.4 is 15.5 Å². The molecule has 2 aromatic rings. The van der Waals surface area contributed by atoms with Crippen LogP contribution in [-0.2, 0) is 12.1 Å². The Bertz CT molecular complexity index is 796. The number of hydrogen-bond acceptors (Lipinski definition) is 4. The van der Waals surface area contributed by atoms with Gasteiger partial charge in [0.05, 0.1) is 13.1 Å². The van der Waals surface area contributed by atoms with E-state index in [1.165, 1.54) is 12.8 Å². The van der Waals surface area contributed by atoms with Crippen molar-refractivity contribution in [2.75, 3.05) is 31.1 Å². The molecule has 1 unspecified atom stereocenters. The summed E-state index contributed by atoms with van der Waals surface area (Å²) in [5.41, 5.74) is 0.962. The molecule has 1 atom stereocenters. The lowest BCUT2D eigenvalue weighted by Crippen LogP contribution is -2.44.